The summed E-state index contributed by atoms with van der Waals surface area (Å²) in [7, 11) is 1.66. The summed E-state index contributed by atoms with van der Waals surface area (Å²) < 4.78 is 7.37. The number of ether oxygens (including phenoxy) is 1. The van der Waals surface area contributed by atoms with Crippen LogP contribution in [0.1, 0.15) is 29.9 Å². The number of rotatable bonds is 9. The van der Waals surface area contributed by atoms with Gasteiger partial charge in [0, 0.05) is 36.4 Å². The van der Waals surface area contributed by atoms with Crippen LogP contribution in [0.3, 0.4) is 0 Å². The monoisotopic (exact) mass is 435 g/mol. The van der Waals surface area contributed by atoms with Gasteiger partial charge in [0.1, 0.15) is 11.6 Å². The van der Waals surface area contributed by atoms with Crippen LogP contribution in [-0.4, -0.2) is 36.8 Å². The first-order chi connectivity index (χ1) is 15.3. The summed E-state index contributed by atoms with van der Waals surface area (Å²) in [5, 5.41) is 17.5. The van der Waals surface area contributed by atoms with Gasteiger partial charge in [0.2, 0.25) is 0 Å². The van der Waals surface area contributed by atoms with Gasteiger partial charge in [0.15, 0.2) is 0 Å². The number of nitrogens with zero attached hydrogens (tertiary/aromatic N) is 2. The van der Waals surface area contributed by atoms with Crippen molar-refractivity contribution in [3.8, 4) is 6.07 Å². The Hall–Kier alpha value is -3.83. The van der Waals surface area contributed by atoms with Gasteiger partial charge in [-0.2, -0.15) is 5.26 Å². The fourth-order valence-electron chi connectivity index (χ4n) is 3.42. The first-order valence-corrected chi connectivity index (χ1v) is 10.2. The molecule has 2 rings (SSSR count). The number of urea groups is 1. The van der Waals surface area contributed by atoms with E-state index in [1.54, 1.807) is 43.5 Å². The molecule has 2 aromatic rings. The van der Waals surface area contributed by atoms with Gasteiger partial charge in [-0.1, -0.05) is 6.08 Å². The lowest BCUT2D eigenvalue weighted by Gasteiger charge is -2.17. The summed E-state index contributed by atoms with van der Waals surface area (Å²) in [5.74, 6) is -0.508. The molecule has 3 amide bonds. The summed E-state index contributed by atoms with van der Waals surface area (Å²) in [6.45, 7) is 10.4. The molecule has 8 heteroatoms. The Kier molecular flexibility index (Phi) is 8.81. The third-order valence-corrected chi connectivity index (χ3v) is 4.84. The molecule has 32 heavy (non-hydrogen) atoms. The highest BCUT2D eigenvalue weighted by Gasteiger charge is 2.16. The minimum Gasteiger partial charge on any atom is -0.383 e. The van der Waals surface area contributed by atoms with Gasteiger partial charge < -0.3 is 25.3 Å². The predicted molar refractivity (Wildman–Crippen MR) is 126 cm³/mol. The Bertz CT molecular complexity index is 1040. The number of nitrogens with one attached hydrogen (secondary N) is 3. The molecular formula is C24H29N5O3. The maximum absolute atomic E-state index is 12.7. The summed E-state index contributed by atoms with van der Waals surface area (Å²) >= 11 is 0. The maximum atomic E-state index is 12.7. The standard InChI is InChI=1S/C24H29N5O3/c1-6-11-26-24(31)28-22-9-7-21(8-10-22)27-23(30)20(14-25)13-19-12-16(2)29(18(19)4)17(3)15-32-5/h6-10,12-13,17H,1,11,15H2,2-5H3,(H,27,30)(H2,26,28,31)/b20-13-. The fourth-order valence-corrected chi connectivity index (χ4v) is 3.42. The zero-order chi connectivity index (χ0) is 23.7. The molecule has 1 heterocycles. The largest absolute Gasteiger partial charge is 0.383 e. The van der Waals surface area contributed by atoms with E-state index in [9.17, 15) is 14.9 Å². The normalized spacial score (nSPS) is 11.9. The van der Waals surface area contributed by atoms with E-state index in [0.717, 1.165) is 17.0 Å². The Morgan fingerprint density at radius 1 is 1.22 bits per heavy atom. The average Bonchev–Trinajstić information content (AvgIpc) is 3.04. The van der Waals surface area contributed by atoms with Crippen LogP contribution in [0, 0.1) is 25.2 Å². The number of anilines is 2. The number of hydrogen-bond acceptors (Lipinski definition) is 4. The quantitative estimate of drug-likeness (QED) is 0.312. The van der Waals surface area contributed by atoms with E-state index >= 15 is 0 Å². The van der Waals surface area contributed by atoms with Crippen molar-refractivity contribution >= 4 is 29.4 Å². The van der Waals surface area contributed by atoms with Crippen molar-refractivity contribution in [2.24, 2.45) is 0 Å². The Balaban J connectivity index is 2.13. The summed E-state index contributed by atoms with van der Waals surface area (Å²) in [4.78, 5) is 24.3. The van der Waals surface area contributed by atoms with Crippen molar-refractivity contribution < 1.29 is 14.3 Å². The molecule has 0 saturated heterocycles. The van der Waals surface area contributed by atoms with E-state index in [-0.39, 0.29) is 17.6 Å². The van der Waals surface area contributed by atoms with Crippen molar-refractivity contribution in [2.45, 2.75) is 26.8 Å². The molecule has 8 nitrogen and oxygen atoms in total. The number of methoxy groups -OCH3 is 1. The summed E-state index contributed by atoms with van der Waals surface area (Å²) in [6.07, 6.45) is 3.17. The Labute approximate surface area is 188 Å². The Morgan fingerprint density at radius 3 is 2.41 bits per heavy atom. The molecular weight excluding hydrogens is 406 g/mol. The summed E-state index contributed by atoms with van der Waals surface area (Å²) in [6, 6.07) is 10.3. The molecule has 0 aliphatic heterocycles. The van der Waals surface area contributed by atoms with E-state index in [2.05, 4.69) is 34.0 Å². The van der Waals surface area contributed by atoms with Crippen LogP contribution in [0.5, 0.6) is 0 Å². The van der Waals surface area contributed by atoms with Crippen molar-refractivity contribution in [1.29, 1.82) is 5.26 Å². The lowest BCUT2D eigenvalue weighted by molar-refractivity contribution is -0.112. The Morgan fingerprint density at radius 2 is 1.84 bits per heavy atom. The number of amides is 3. The second kappa shape index (κ2) is 11.5. The maximum Gasteiger partial charge on any atom is 0.319 e. The van der Waals surface area contributed by atoms with Crippen LogP contribution in [0.4, 0.5) is 16.2 Å². The van der Waals surface area contributed by atoms with E-state index < -0.39 is 5.91 Å². The van der Waals surface area contributed by atoms with Gasteiger partial charge in [-0.25, -0.2) is 4.79 Å². The van der Waals surface area contributed by atoms with Gasteiger partial charge in [-0.3, -0.25) is 4.79 Å². The third kappa shape index (κ3) is 6.33. The summed E-state index contributed by atoms with van der Waals surface area (Å²) in [5.41, 5.74) is 3.86. The highest BCUT2D eigenvalue weighted by molar-refractivity contribution is 6.09. The van der Waals surface area contributed by atoms with Crippen LogP contribution in [0.25, 0.3) is 6.08 Å². The number of carbonyl (C=O) groups is 2. The van der Waals surface area contributed by atoms with E-state index in [1.165, 1.54) is 0 Å². The average molecular weight is 436 g/mol. The molecule has 0 aliphatic carbocycles. The number of hydrogen-bond donors (Lipinski definition) is 3. The lowest BCUT2D eigenvalue weighted by atomic mass is 10.1. The van der Waals surface area contributed by atoms with Gasteiger partial charge in [0.25, 0.3) is 5.91 Å². The molecule has 1 aromatic carbocycles. The highest BCUT2D eigenvalue weighted by Crippen LogP contribution is 2.23. The number of aromatic nitrogens is 1. The minimum atomic E-state index is -0.508. The van der Waals surface area contributed by atoms with Crippen molar-refractivity contribution in [3.63, 3.8) is 0 Å². The first-order valence-electron chi connectivity index (χ1n) is 10.2. The van der Waals surface area contributed by atoms with Crippen LogP contribution >= 0.6 is 0 Å². The van der Waals surface area contributed by atoms with Crippen molar-refractivity contribution in [3.05, 3.63) is 65.5 Å². The molecule has 0 spiro atoms. The zero-order valence-corrected chi connectivity index (χ0v) is 18.9. The van der Waals surface area contributed by atoms with Gasteiger partial charge >= 0.3 is 6.03 Å². The molecule has 3 N–H and O–H groups in total. The molecule has 0 radical (unpaired) electrons. The third-order valence-electron chi connectivity index (χ3n) is 4.84. The molecule has 1 atom stereocenters. The van der Waals surface area contributed by atoms with Crippen LogP contribution in [0.2, 0.25) is 0 Å². The van der Waals surface area contributed by atoms with Crippen molar-refractivity contribution in [2.75, 3.05) is 30.9 Å². The molecule has 0 fully saturated rings. The molecule has 1 aromatic heterocycles. The zero-order valence-electron chi connectivity index (χ0n) is 18.9. The molecule has 0 bridgehead atoms. The second-order valence-electron chi connectivity index (χ2n) is 7.33. The van der Waals surface area contributed by atoms with Gasteiger partial charge in [0.05, 0.1) is 12.6 Å². The van der Waals surface area contributed by atoms with Crippen LogP contribution in [0.15, 0.2) is 48.6 Å². The van der Waals surface area contributed by atoms with Gasteiger partial charge in [-0.15, -0.1) is 6.58 Å². The van der Waals surface area contributed by atoms with Crippen LogP contribution < -0.4 is 16.0 Å². The fraction of sp³-hybridized carbons (Fsp3) is 0.292. The van der Waals surface area contributed by atoms with Crippen molar-refractivity contribution in [1.82, 2.24) is 9.88 Å². The molecule has 168 valence electrons. The predicted octanol–water partition coefficient (Wildman–Crippen LogP) is 4.17. The number of carbonyl (C=O) groups excluding carboxylic acids is 2. The molecule has 0 saturated carbocycles. The lowest BCUT2D eigenvalue weighted by Crippen LogP contribution is -2.28. The number of benzene rings is 1. The number of aryl methyl sites for hydroxylation is 1. The minimum absolute atomic E-state index is 0.00403. The van der Waals surface area contributed by atoms with E-state index in [1.807, 2.05) is 26.0 Å². The second-order valence-corrected chi connectivity index (χ2v) is 7.33. The van der Waals surface area contributed by atoms with Gasteiger partial charge in [-0.05, 0) is 62.7 Å². The first kappa shape index (κ1) is 24.4. The number of nitriles is 1. The molecule has 1 unspecified atom stereocenters. The topological polar surface area (TPSA) is 108 Å². The molecule has 0 aliphatic rings. The SMILES string of the molecule is C=CCNC(=O)Nc1ccc(NC(=O)/C(C#N)=C\c2cc(C)n(C(C)COC)c2C)cc1. The van der Waals surface area contributed by atoms with E-state index in [4.69, 9.17) is 4.74 Å². The van der Waals surface area contributed by atoms with E-state index in [0.29, 0.717) is 24.5 Å². The highest BCUT2D eigenvalue weighted by atomic mass is 16.5. The smallest absolute Gasteiger partial charge is 0.319 e. The van der Waals surface area contributed by atoms with Crippen LogP contribution in [-0.2, 0) is 9.53 Å².